The van der Waals surface area contributed by atoms with Crippen LogP contribution >= 0.6 is 0 Å². The van der Waals surface area contributed by atoms with Gasteiger partial charge in [-0.1, -0.05) is 78.9 Å². The molecule has 27 heavy (non-hydrogen) atoms. The van der Waals surface area contributed by atoms with E-state index in [4.69, 9.17) is 0 Å². The number of hydrogen-bond acceptors (Lipinski definition) is 1. The van der Waals surface area contributed by atoms with Crippen LogP contribution < -0.4 is 0 Å². The van der Waals surface area contributed by atoms with E-state index in [1.165, 1.54) is 11.1 Å². The van der Waals surface area contributed by atoms with E-state index in [0.29, 0.717) is 0 Å². The molecule has 0 aromatic heterocycles. The van der Waals surface area contributed by atoms with Crippen LogP contribution in [0.2, 0.25) is 0 Å². The molecule has 0 amide bonds. The van der Waals surface area contributed by atoms with Crippen LogP contribution in [-0.2, 0) is 17.6 Å². The zero-order valence-electron chi connectivity index (χ0n) is 14.8. The molecule has 0 spiro atoms. The molecule has 4 aromatic rings. The summed E-state index contributed by atoms with van der Waals surface area (Å²) in [5, 5.41) is 0. The average Bonchev–Trinajstić information content (AvgIpc) is 2.74. The van der Waals surface area contributed by atoms with Crippen LogP contribution in [0.3, 0.4) is 0 Å². The van der Waals surface area contributed by atoms with Gasteiger partial charge in [0.05, 0.1) is 0 Å². The minimum absolute atomic E-state index is 0.817. The van der Waals surface area contributed by atoms with E-state index in [-0.39, 0.29) is 0 Å². The molecule has 0 N–H and O–H groups in total. The Bertz CT molecular complexity index is 1100. The fourth-order valence-corrected chi connectivity index (χ4v) is 5.36. The molecule has 1 atom stereocenters. The first-order valence-corrected chi connectivity index (χ1v) is 10.2. The van der Waals surface area contributed by atoms with E-state index in [1.54, 1.807) is 0 Å². The molecule has 1 heterocycles. The highest BCUT2D eigenvalue weighted by atomic mass is 32.2. The molecule has 1 nitrogen and oxygen atoms in total. The van der Waals surface area contributed by atoms with Gasteiger partial charge < -0.3 is 4.55 Å². The molecular weight excluding hydrogens is 348 g/mol. The van der Waals surface area contributed by atoms with E-state index in [1.807, 2.05) is 42.5 Å². The molecule has 2 heteroatoms. The van der Waals surface area contributed by atoms with E-state index in [2.05, 4.69) is 54.6 Å². The lowest BCUT2D eigenvalue weighted by Crippen LogP contribution is -2.16. The Morgan fingerprint density at radius 1 is 0.593 bits per heavy atom. The van der Waals surface area contributed by atoms with Crippen LogP contribution in [0.5, 0.6) is 0 Å². The van der Waals surface area contributed by atoms with E-state index in [9.17, 15) is 4.55 Å². The van der Waals surface area contributed by atoms with Gasteiger partial charge >= 0.3 is 0 Å². The summed E-state index contributed by atoms with van der Waals surface area (Å²) in [4.78, 5) is 1.90. The highest BCUT2D eigenvalue weighted by Crippen LogP contribution is 2.42. The van der Waals surface area contributed by atoms with Crippen molar-refractivity contribution in [2.24, 2.45) is 0 Å². The lowest BCUT2D eigenvalue weighted by atomic mass is 9.93. The van der Waals surface area contributed by atoms with Gasteiger partial charge in [0, 0.05) is 34.3 Å². The Balaban J connectivity index is 1.77. The summed E-state index contributed by atoms with van der Waals surface area (Å²) < 4.78 is 13.5. The van der Waals surface area contributed by atoms with Crippen LogP contribution in [0.15, 0.2) is 107 Å². The molecule has 1 unspecified atom stereocenters. The van der Waals surface area contributed by atoms with Crippen molar-refractivity contribution >= 4 is 11.2 Å². The summed E-state index contributed by atoms with van der Waals surface area (Å²) in [6, 6.07) is 33.2. The molecule has 0 radical (unpaired) electrons. The lowest BCUT2D eigenvalue weighted by molar-refractivity contribution is 0.591. The maximum Gasteiger partial charge on any atom is 0.169 e. The second kappa shape index (κ2) is 6.73. The second-order valence-electron chi connectivity index (χ2n) is 6.80. The Morgan fingerprint density at radius 3 is 1.96 bits per heavy atom. The van der Waals surface area contributed by atoms with Crippen molar-refractivity contribution in [1.82, 2.24) is 0 Å². The lowest BCUT2D eigenvalue weighted by Gasteiger charge is -2.25. The number of rotatable bonds is 2. The molecule has 4 aromatic carbocycles. The predicted octanol–water partition coefficient (Wildman–Crippen LogP) is 6.09. The monoisotopic (exact) mass is 366 g/mol. The highest BCUT2D eigenvalue weighted by Gasteiger charge is 2.32. The van der Waals surface area contributed by atoms with Crippen molar-refractivity contribution in [3.05, 3.63) is 108 Å². The third-order valence-electron chi connectivity index (χ3n) is 5.10. The van der Waals surface area contributed by atoms with E-state index >= 15 is 0 Å². The fourth-order valence-electron chi connectivity index (χ4n) is 3.81. The molecule has 0 saturated heterocycles. The normalized spacial score (nSPS) is 15.1. The van der Waals surface area contributed by atoms with Crippen molar-refractivity contribution in [2.75, 3.05) is 0 Å². The molecule has 0 fully saturated rings. The van der Waals surface area contributed by atoms with Crippen LogP contribution in [-0.4, -0.2) is 4.55 Å². The first kappa shape index (κ1) is 16.4. The van der Waals surface area contributed by atoms with Gasteiger partial charge in [0.15, 0.2) is 9.79 Å². The zero-order chi connectivity index (χ0) is 18.2. The van der Waals surface area contributed by atoms with Crippen molar-refractivity contribution < 1.29 is 4.55 Å². The summed E-state index contributed by atoms with van der Waals surface area (Å²) in [5.74, 6) is 0. The van der Waals surface area contributed by atoms with E-state index < -0.39 is 11.2 Å². The fraction of sp³-hybridized carbons (Fsp3) is 0.0400. The summed E-state index contributed by atoms with van der Waals surface area (Å²) in [6.07, 6.45) is 0.817. The smallest absolute Gasteiger partial charge is 0.169 e. The van der Waals surface area contributed by atoms with Gasteiger partial charge in [-0.15, -0.1) is 0 Å². The Kier molecular flexibility index (Phi) is 4.08. The number of benzene rings is 4. The Labute approximate surface area is 162 Å². The van der Waals surface area contributed by atoms with Gasteiger partial charge in [-0.3, -0.25) is 0 Å². The Hall–Kier alpha value is -2.81. The topological polar surface area (TPSA) is 23.1 Å². The quantitative estimate of drug-likeness (QED) is 0.394. The summed E-state index contributed by atoms with van der Waals surface area (Å²) in [6.45, 7) is 0. The number of fused-ring (bicyclic) bond motifs is 2. The van der Waals surface area contributed by atoms with Crippen molar-refractivity contribution in [2.45, 2.75) is 16.2 Å². The van der Waals surface area contributed by atoms with Gasteiger partial charge in [-0.2, -0.15) is 0 Å². The first-order chi connectivity index (χ1) is 13.3. The van der Waals surface area contributed by atoms with Crippen LogP contribution in [0.1, 0.15) is 11.1 Å². The zero-order valence-corrected chi connectivity index (χ0v) is 15.6. The van der Waals surface area contributed by atoms with Gasteiger partial charge in [-0.05, 0) is 34.9 Å². The summed E-state index contributed by atoms with van der Waals surface area (Å²) in [5.41, 5.74) is 6.85. The third kappa shape index (κ3) is 2.87. The molecular formula is C25H18OS. The third-order valence-corrected chi connectivity index (χ3v) is 6.75. The predicted molar refractivity (Wildman–Crippen MR) is 111 cm³/mol. The largest absolute Gasteiger partial charge is 0.606 e. The molecule has 1 aliphatic heterocycles. The molecule has 0 bridgehead atoms. The SMILES string of the molecule is [O-][S+]1c2ccccc2Cc2cc(-c3ccccc3)cc(-c3ccccc3)c21. The van der Waals surface area contributed by atoms with Crippen LogP contribution in [0.4, 0.5) is 0 Å². The van der Waals surface area contributed by atoms with Gasteiger partial charge in [-0.25, -0.2) is 0 Å². The van der Waals surface area contributed by atoms with Crippen LogP contribution in [0.25, 0.3) is 22.3 Å². The maximum absolute atomic E-state index is 13.5. The standard InChI is InChI=1S/C25H18OS/c26-27-24-14-8-7-13-20(24)15-22-16-21(18-9-3-1-4-10-18)17-23(25(22)27)19-11-5-2-6-12-19/h1-14,16-17H,15H2. The summed E-state index contributed by atoms with van der Waals surface area (Å²) >= 11 is -1.17. The second-order valence-corrected chi connectivity index (χ2v) is 8.18. The van der Waals surface area contributed by atoms with Crippen LogP contribution in [0, 0.1) is 0 Å². The van der Waals surface area contributed by atoms with E-state index in [0.717, 1.165) is 38.5 Å². The number of hydrogen-bond donors (Lipinski definition) is 0. The van der Waals surface area contributed by atoms with Gasteiger partial charge in [0.25, 0.3) is 0 Å². The van der Waals surface area contributed by atoms with Crippen molar-refractivity contribution in [3.63, 3.8) is 0 Å². The molecule has 130 valence electrons. The Morgan fingerprint density at radius 2 is 1.22 bits per heavy atom. The minimum Gasteiger partial charge on any atom is -0.606 e. The average molecular weight is 366 g/mol. The van der Waals surface area contributed by atoms with Crippen molar-refractivity contribution in [1.29, 1.82) is 0 Å². The minimum atomic E-state index is -1.17. The maximum atomic E-state index is 13.5. The first-order valence-electron chi connectivity index (χ1n) is 9.09. The van der Waals surface area contributed by atoms with Crippen molar-refractivity contribution in [3.8, 4) is 22.3 Å². The molecule has 0 aliphatic carbocycles. The molecule has 1 aliphatic rings. The van der Waals surface area contributed by atoms with Gasteiger partial charge in [0.1, 0.15) is 0 Å². The van der Waals surface area contributed by atoms with Gasteiger partial charge in [0.2, 0.25) is 0 Å². The molecule has 5 rings (SSSR count). The highest BCUT2D eigenvalue weighted by molar-refractivity contribution is 7.91. The molecule has 0 saturated carbocycles. The summed E-state index contributed by atoms with van der Waals surface area (Å²) in [7, 11) is 0.